The molecule has 118 valence electrons. The van der Waals surface area contributed by atoms with Crippen molar-refractivity contribution < 1.29 is 14.6 Å². The topological polar surface area (TPSA) is 61.8 Å². The van der Waals surface area contributed by atoms with Crippen molar-refractivity contribution in [2.75, 3.05) is 32.6 Å². The van der Waals surface area contributed by atoms with Crippen LogP contribution >= 0.6 is 0 Å². The molecule has 0 fully saturated rings. The van der Waals surface area contributed by atoms with Crippen molar-refractivity contribution in [3.05, 3.63) is 29.3 Å². The van der Waals surface area contributed by atoms with Gasteiger partial charge in [0.15, 0.2) is 0 Å². The highest BCUT2D eigenvalue weighted by Gasteiger charge is 2.15. The Morgan fingerprint density at radius 1 is 1.38 bits per heavy atom. The minimum atomic E-state index is -0.682. The van der Waals surface area contributed by atoms with Crippen LogP contribution in [0.15, 0.2) is 18.2 Å². The maximum Gasteiger partial charge on any atom is 0.321 e. The number of urea groups is 1. The maximum atomic E-state index is 12.2. The van der Waals surface area contributed by atoms with Gasteiger partial charge < -0.3 is 20.1 Å². The summed E-state index contributed by atoms with van der Waals surface area (Å²) in [4.78, 5) is 13.6. The molecule has 0 bridgehead atoms. The van der Waals surface area contributed by atoms with Gasteiger partial charge in [0.25, 0.3) is 0 Å². The third-order valence-electron chi connectivity index (χ3n) is 3.40. The van der Waals surface area contributed by atoms with E-state index in [0.717, 1.165) is 24.1 Å². The molecule has 0 aliphatic heterocycles. The summed E-state index contributed by atoms with van der Waals surface area (Å²) in [5.74, 6) is 0. The summed E-state index contributed by atoms with van der Waals surface area (Å²) >= 11 is 0. The monoisotopic (exact) mass is 294 g/mol. The van der Waals surface area contributed by atoms with Crippen molar-refractivity contribution >= 4 is 11.7 Å². The smallest absolute Gasteiger partial charge is 0.321 e. The number of anilines is 1. The maximum absolute atomic E-state index is 12.2. The molecule has 0 saturated heterocycles. The molecule has 2 N–H and O–H groups in total. The first-order valence-electron chi connectivity index (χ1n) is 7.32. The quantitative estimate of drug-likeness (QED) is 0.811. The molecule has 1 rings (SSSR count). The lowest BCUT2D eigenvalue weighted by molar-refractivity contribution is 0.0501. The minimum Gasteiger partial charge on any atom is -0.389 e. The van der Waals surface area contributed by atoms with Gasteiger partial charge in [-0.1, -0.05) is 26.0 Å². The number of rotatable bonds is 7. The number of aryl methyl sites for hydroxylation is 2. The Balaban J connectivity index is 2.73. The lowest BCUT2D eigenvalue weighted by Gasteiger charge is -2.22. The Morgan fingerprint density at radius 2 is 2.10 bits per heavy atom. The molecule has 21 heavy (non-hydrogen) atoms. The van der Waals surface area contributed by atoms with Crippen LogP contribution in [0.5, 0.6) is 0 Å². The van der Waals surface area contributed by atoms with Gasteiger partial charge in [-0.25, -0.2) is 4.79 Å². The molecule has 1 aromatic carbocycles. The van der Waals surface area contributed by atoms with Crippen LogP contribution in [0.25, 0.3) is 0 Å². The first-order valence-corrected chi connectivity index (χ1v) is 7.32. The Bertz CT molecular complexity index is 463. The lowest BCUT2D eigenvalue weighted by atomic mass is 10.1. The summed E-state index contributed by atoms with van der Waals surface area (Å²) in [6, 6.07) is 5.92. The Kier molecular flexibility index (Phi) is 7.19. The summed E-state index contributed by atoms with van der Waals surface area (Å²) in [7, 11) is 3.18. The number of nitrogens with zero attached hydrogens (tertiary/aromatic N) is 1. The number of aliphatic hydroxyl groups is 1. The fourth-order valence-electron chi connectivity index (χ4n) is 2.12. The molecule has 0 saturated carbocycles. The number of carbonyl (C=O) groups is 1. The van der Waals surface area contributed by atoms with Gasteiger partial charge in [0.1, 0.15) is 0 Å². The molecule has 0 aromatic heterocycles. The second kappa shape index (κ2) is 8.64. The van der Waals surface area contributed by atoms with E-state index < -0.39 is 6.10 Å². The van der Waals surface area contributed by atoms with Crippen LogP contribution in [0.1, 0.15) is 25.0 Å². The highest BCUT2D eigenvalue weighted by Crippen LogP contribution is 2.19. The van der Waals surface area contributed by atoms with Gasteiger partial charge in [0, 0.05) is 19.8 Å². The van der Waals surface area contributed by atoms with E-state index in [4.69, 9.17) is 4.74 Å². The summed E-state index contributed by atoms with van der Waals surface area (Å²) in [5, 5.41) is 12.6. The second-order valence-electron chi connectivity index (χ2n) is 5.12. The third-order valence-corrected chi connectivity index (χ3v) is 3.40. The molecular formula is C16H26N2O3. The van der Waals surface area contributed by atoms with Crippen molar-refractivity contribution in [2.24, 2.45) is 0 Å². The fourth-order valence-corrected chi connectivity index (χ4v) is 2.12. The average Bonchev–Trinajstić information content (AvgIpc) is 2.47. The van der Waals surface area contributed by atoms with Crippen LogP contribution in [0.3, 0.4) is 0 Å². The first kappa shape index (κ1) is 17.5. The first-order chi connectivity index (χ1) is 10.0. The Hall–Kier alpha value is -1.59. The van der Waals surface area contributed by atoms with Crippen molar-refractivity contribution in [1.29, 1.82) is 0 Å². The number of likely N-dealkylation sites (N-methyl/N-ethyl adjacent to an activating group) is 1. The summed E-state index contributed by atoms with van der Waals surface area (Å²) < 4.78 is 4.86. The molecule has 5 nitrogen and oxygen atoms in total. The van der Waals surface area contributed by atoms with E-state index in [9.17, 15) is 9.90 Å². The number of hydrogen-bond donors (Lipinski definition) is 2. The SMILES string of the molecule is CCc1ccc(CC)c(NC(=O)N(C)CC(O)COC)c1. The van der Waals surface area contributed by atoms with E-state index in [1.807, 2.05) is 12.1 Å². The van der Waals surface area contributed by atoms with Crippen LogP contribution in [0.4, 0.5) is 10.5 Å². The molecule has 0 aliphatic rings. The minimum absolute atomic E-state index is 0.211. The van der Waals surface area contributed by atoms with Crippen LogP contribution < -0.4 is 5.32 Å². The molecule has 5 heteroatoms. The van der Waals surface area contributed by atoms with E-state index in [1.165, 1.54) is 17.6 Å². The predicted octanol–water partition coefficient (Wildman–Crippen LogP) is 2.28. The third kappa shape index (κ3) is 5.36. The summed E-state index contributed by atoms with van der Waals surface area (Å²) in [5.41, 5.74) is 3.13. The molecule has 0 aliphatic carbocycles. The molecule has 1 unspecified atom stereocenters. The van der Waals surface area contributed by atoms with Crippen LogP contribution in [0.2, 0.25) is 0 Å². The molecule has 2 amide bonds. The predicted molar refractivity (Wildman–Crippen MR) is 84.7 cm³/mol. The highest BCUT2D eigenvalue weighted by molar-refractivity contribution is 5.90. The fraction of sp³-hybridized carbons (Fsp3) is 0.562. The number of carbonyl (C=O) groups excluding carboxylic acids is 1. The van der Waals surface area contributed by atoms with Gasteiger partial charge in [-0.3, -0.25) is 0 Å². The number of amides is 2. The largest absolute Gasteiger partial charge is 0.389 e. The van der Waals surface area contributed by atoms with Gasteiger partial charge in [-0.2, -0.15) is 0 Å². The van der Waals surface area contributed by atoms with E-state index in [1.54, 1.807) is 7.05 Å². The number of hydrogen-bond acceptors (Lipinski definition) is 3. The summed E-state index contributed by atoms with van der Waals surface area (Å²) in [6.45, 7) is 4.58. The van der Waals surface area contributed by atoms with E-state index in [-0.39, 0.29) is 19.2 Å². The van der Waals surface area contributed by atoms with Gasteiger partial charge in [0.05, 0.1) is 19.3 Å². The number of nitrogens with one attached hydrogen (secondary N) is 1. The lowest BCUT2D eigenvalue weighted by Crippen LogP contribution is -2.38. The van der Waals surface area contributed by atoms with Crippen molar-refractivity contribution in [1.82, 2.24) is 4.90 Å². The molecule has 0 radical (unpaired) electrons. The number of ether oxygens (including phenoxy) is 1. The zero-order chi connectivity index (χ0) is 15.8. The van der Waals surface area contributed by atoms with E-state index in [0.29, 0.717) is 0 Å². The summed E-state index contributed by atoms with van der Waals surface area (Å²) in [6.07, 6.45) is 1.10. The molecule has 0 heterocycles. The molecular weight excluding hydrogens is 268 g/mol. The van der Waals surface area contributed by atoms with Gasteiger partial charge in [-0.05, 0) is 30.0 Å². The Labute approximate surface area is 126 Å². The zero-order valence-corrected chi connectivity index (χ0v) is 13.3. The van der Waals surface area contributed by atoms with Gasteiger partial charge >= 0.3 is 6.03 Å². The normalized spacial score (nSPS) is 12.0. The Morgan fingerprint density at radius 3 is 2.67 bits per heavy atom. The van der Waals surface area contributed by atoms with Crippen LogP contribution in [0, 0.1) is 0 Å². The van der Waals surface area contributed by atoms with Crippen LogP contribution in [-0.2, 0) is 17.6 Å². The number of benzene rings is 1. The molecule has 1 aromatic rings. The van der Waals surface area contributed by atoms with E-state index >= 15 is 0 Å². The molecule has 0 spiro atoms. The number of methoxy groups -OCH3 is 1. The van der Waals surface area contributed by atoms with Crippen molar-refractivity contribution in [3.63, 3.8) is 0 Å². The van der Waals surface area contributed by atoms with Crippen molar-refractivity contribution in [2.45, 2.75) is 32.8 Å². The average molecular weight is 294 g/mol. The van der Waals surface area contributed by atoms with Crippen LogP contribution in [-0.4, -0.2) is 49.5 Å². The van der Waals surface area contributed by atoms with E-state index in [2.05, 4.69) is 25.2 Å². The standard InChI is InChI=1S/C16H26N2O3/c1-5-12-7-8-13(6-2)15(9-12)17-16(20)18(3)10-14(19)11-21-4/h7-9,14,19H,5-6,10-11H2,1-4H3,(H,17,20). The van der Waals surface area contributed by atoms with Gasteiger partial charge in [-0.15, -0.1) is 0 Å². The number of aliphatic hydroxyl groups excluding tert-OH is 1. The van der Waals surface area contributed by atoms with Gasteiger partial charge in [0.2, 0.25) is 0 Å². The molecule has 1 atom stereocenters. The zero-order valence-electron chi connectivity index (χ0n) is 13.3. The second-order valence-corrected chi connectivity index (χ2v) is 5.12. The highest BCUT2D eigenvalue weighted by atomic mass is 16.5. The van der Waals surface area contributed by atoms with Crippen molar-refractivity contribution in [3.8, 4) is 0 Å².